The van der Waals surface area contributed by atoms with Gasteiger partial charge in [-0.25, -0.2) is 4.99 Å². The number of thiophene rings is 2. The summed E-state index contributed by atoms with van der Waals surface area (Å²) in [6.07, 6.45) is 4.82. The average Bonchev–Trinajstić information content (AvgIpc) is 3.50. The zero-order valence-electron chi connectivity index (χ0n) is 16.3. The van der Waals surface area contributed by atoms with E-state index in [-0.39, 0.29) is 24.0 Å². The van der Waals surface area contributed by atoms with E-state index in [1.54, 1.807) is 17.6 Å². The van der Waals surface area contributed by atoms with Gasteiger partial charge in [-0.15, -0.1) is 46.7 Å². The van der Waals surface area contributed by atoms with E-state index < -0.39 is 0 Å². The predicted molar refractivity (Wildman–Crippen MR) is 134 cm³/mol. The van der Waals surface area contributed by atoms with Crippen LogP contribution in [0.5, 0.6) is 0 Å². The molecule has 1 saturated heterocycles. The third-order valence-corrected chi connectivity index (χ3v) is 6.66. The summed E-state index contributed by atoms with van der Waals surface area (Å²) in [5.74, 6) is 1.89. The SMILES string of the molecule is I.c1coc(CCNC(=NCc2cccs2)NC2CCN(c3cccs3)CC2)c1. The highest BCUT2D eigenvalue weighted by Gasteiger charge is 2.20. The van der Waals surface area contributed by atoms with Gasteiger partial charge in [0.2, 0.25) is 0 Å². The fourth-order valence-electron chi connectivity index (χ4n) is 3.36. The van der Waals surface area contributed by atoms with Gasteiger partial charge in [0.1, 0.15) is 5.76 Å². The molecule has 8 heteroatoms. The summed E-state index contributed by atoms with van der Waals surface area (Å²) in [6, 6.07) is 12.9. The monoisotopic (exact) mass is 542 g/mol. The van der Waals surface area contributed by atoms with E-state index in [1.165, 1.54) is 9.88 Å². The fourth-order valence-corrected chi connectivity index (χ4v) is 4.77. The fraction of sp³-hybridized carbons (Fsp3) is 0.381. The zero-order valence-corrected chi connectivity index (χ0v) is 20.2. The minimum absolute atomic E-state index is 0. The number of piperidine rings is 1. The van der Waals surface area contributed by atoms with Gasteiger partial charge in [0.05, 0.1) is 17.8 Å². The van der Waals surface area contributed by atoms with Crippen molar-refractivity contribution in [1.29, 1.82) is 0 Å². The highest BCUT2D eigenvalue weighted by molar-refractivity contribution is 14.0. The molecule has 3 aromatic heterocycles. The lowest BCUT2D eigenvalue weighted by Gasteiger charge is -2.33. The zero-order chi connectivity index (χ0) is 19.0. The Labute approximate surface area is 197 Å². The predicted octanol–water partition coefficient (Wildman–Crippen LogP) is 4.97. The topological polar surface area (TPSA) is 52.8 Å². The Hall–Kier alpha value is -1.52. The number of rotatable bonds is 7. The van der Waals surface area contributed by atoms with Crippen LogP contribution in [-0.4, -0.2) is 31.6 Å². The minimum atomic E-state index is 0. The molecule has 4 heterocycles. The van der Waals surface area contributed by atoms with E-state index in [0.29, 0.717) is 12.6 Å². The van der Waals surface area contributed by atoms with Crippen LogP contribution in [0.3, 0.4) is 0 Å². The molecule has 0 aromatic carbocycles. The van der Waals surface area contributed by atoms with Gasteiger partial charge in [0, 0.05) is 37.0 Å². The Kier molecular flexibility index (Phi) is 8.88. The lowest BCUT2D eigenvalue weighted by molar-refractivity contribution is 0.461. The molecule has 0 amide bonds. The molecule has 4 rings (SSSR count). The number of nitrogens with one attached hydrogen (secondary N) is 2. The molecule has 0 bridgehead atoms. The Morgan fingerprint density at radius 2 is 1.93 bits per heavy atom. The molecule has 0 saturated carbocycles. The second kappa shape index (κ2) is 11.6. The van der Waals surface area contributed by atoms with E-state index in [0.717, 1.165) is 50.6 Å². The summed E-state index contributed by atoms with van der Waals surface area (Å²) in [4.78, 5) is 8.57. The second-order valence-electron chi connectivity index (χ2n) is 6.86. The Balaban J connectivity index is 0.00000240. The third-order valence-electron chi connectivity index (χ3n) is 4.87. The quantitative estimate of drug-likeness (QED) is 0.252. The summed E-state index contributed by atoms with van der Waals surface area (Å²) in [7, 11) is 0. The number of furan rings is 1. The Morgan fingerprint density at radius 1 is 1.10 bits per heavy atom. The van der Waals surface area contributed by atoms with Crippen LogP contribution in [0.15, 0.2) is 62.8 Å². The first kappa shape index (κ1) is 22.2. The first-order chi connectivity index (χ1) is 13.9. The van der Waals surface area contributed by atoms with E-state index in [2.05, 4.69) is 50.6 Å². The maximum Gasteiger partial charge on any atom is 0.191 e. The van der Waals surface area contributed by atoms with Crippen molar-refractivity contribution in [3.05, 3.63) is 64.1 Å². The van der Waals surface area contributed by atoms with Crippen LogP contribution in [0.2, 0.25) is 0 Å². The van der Waals surface area contributed by atoms with Crippen molar-refractivity contribution < 1.29 is 4.42 Å². The van der Waals surface area contributed by atoms with Crippen molar-refractivity contribution in [2.45, 2.75) is 31.8 Å². The van der Waals surface area contributed by atoms with Crippen LogP contribution in [0.1, 0.15) is 23.5 Å². The number of hydrogen-bond acceptors (Lipinski definition) is 5. The molecule has 156 valence electrons. The number of hydrogen-bond donors (Lipinski definition) is 2. The first-order valence-electron chi connectivity index (χ1n) is 9.75. The standard InChI is InChI=1S/C21H26N4OS2.HI/c1-4-18(26-13-1)7-10-22-21(23-16-19-5-2-14-27-19)24-17-8-11-25(12-9-17)20-6-3-15-28-20;/h1-6,13-15,17H,7-12,16H2,(H2,22,23,24);1H. The van der Waals surface area contributed by atoms with Gasteiger partial charge in [-0.3, -0.25) is 0 Å². The van der Waals surface area contributed by atoms with Crippen molar-refractivity contribution in [3.8, 4) is 0 Å². The normalized spacial score (nSPS) is 15.2. The maximum atomic E-state index is 5.43. The summed E-state index contributed by atoms with van der Waals surface area (Å²) < 4.78 is 5.43. The third kappa shape index (κ3) is 6.75. The smallest absolute Gasteiger partial charge is 0.191 e. The molecule has 5 nitrogen and oxygen atoms in total. The molecular weight excluding hydrogens is 515 g/mol. The minimum Gasteiger partial charge on any atom is -0.469 e. The highest BCUT2D eigenvalue weighted by Crippen LogP contribution is 2.24. The Morgan fingerprint density at radius 3 is 2.62 bits per heavy atom. The average molecular weight is 543 g/mol. The molecule has 29 heavy (non-hydrogen) atoms. The second-order valence-corrected chi connectivity index (χ2v) is 8.82. The molecule has 0 aliphatic carbocycles. The molecule has 1 fully saturated rings. The summed E-state index contributed by atoms with van der Waals surface area (Å²) >= 11 is 3.57. The van der Waals surface area contributed by atoms with Crippen molar-refractivity contribution in [3.63, 3.8) is 0 Å². The molecule has 0 atom stereocenters. The van der Waals surface area contributed by atoms with Crippen molar-refractivity contribution in [2.75, 3.05) is 24.5 Å². The van der Waals surface area contributed by atoms with Crippen molar-refractivity contribution in [2.24, 2.45) is 4.99 Å². The molecule has 0 unspecified atom stereocenters. The van der Waals surface area contributed by atoms with Gasteiger partial charge < -0.3 is 20.0 Å². The molecule has 0 spiro atoms. The van der Waals surface area contributed by atoms with E-state index in [1.807, 2.05) is 23.5 Å². The van der Waals surface area contributed by atoms with Crippen LogP contribution in [0, 0.1) is 0 Å². The molecule has 3 aromatic rings. The van der Waals surface area contributed by atoms with E-state index >= 15 is 0 Å². The van der Waals surface area contributed by atoms with Crippen LogP contribution in [-0.2, 0) is 13.0 Å². The summed E-state index contributed by atoms with van der Waals surface area (Å²) in [6.45, 7) is 3.69. The van der Waals surface area contributed by atoms with Crippen LogP contribution < -0.4 is 15.5 Å². The summed E-state index contributed by atoms with van der Waals surface area (Å²) in [5.41, 5.74) is 0. The first-order valence-corrected chi connectivity index (χ1v) is 11.5. The van der Waals surface area contributed by atoms with Gasteiger partial charge in [-0.2, -0.15) is 0 Å². The maximum absolute atomic E-state index is 5.43. The molecular formula is C21H27IN4OS2. The summed E-state index contributed by atoms with van der Waals surface area (Å²) in [5, 5.41) is 12.8. The van der Waals surface area contributed by atoms with Gasteiger partial charge in [-0.05, 0) is 53.9 Å². The van der Waals surface area contributed by atoms with Crippen LogP contribution in [0.25, 0.3) is 0 Å². The number of anilines is 1. The van der Waals surface area contributed by atoms with Gasteiger partial charge in [-0.1, -0.05) is 6.07 Å². The number of nitrogens with zero attached hydrogens (tertiary/aromatic N) is 2. The van der Waals surface area contributed by atoms with Crippen molar-refractivity contribution >= 4 is 57.6 Å². The van der Waals surface area contributed by atoms with E-state index in [9.17, 15) is 0 Å². The highest BCUT2D eigenvalue weighted by atomic mass is 127. The molecule has 0 radical (unpaired) electrons. The number of guanidine groups is 1. The lowest BCUT2D eigenvalue weighted by atomic mass is 10.1. The molecule has 1 aliphatic heterocycles. The molecule has 2 N–H and O–H groups in total. The Bertz CT molecular complexity index is 826. The van der Waals surface area contributed by atoms with E-state index in [4.69, 9.17) is 9.41 Å². The van der Waals surface area contributed by atoms with Crippen molar-refractivity contribution in [1.82, 2.24) is 10.6 Å². The van der Waals surface area contributed by atoms with Gasteiger partial charge >= 0.3 is 0 Å². The van der Waals surface area contributed by atoms with Gasteiger partial charge in [0.15, 0.2) is 5.96 Å². The van der Waals surface area contributed by atoms with Crippen LogP contribution in [0.4, 0.5) is 5.00 Å². The lowest BCUT2D eigenvalue weighted by Crippen LogP contribution is -2.49. The molecule has 1 aliphatic rings. The number of aliphatic imine (C=N–C) groups is 1. The largest absolute Gasteiger partial charge is 0.469 e. The van der Waals surface area contributed by atoms with Gasteiger partial charge in [0.25, 0.3) is 0 Å². The van der Waals surface area contributed by atoms with Crippen LogP contribution >= 0.6 is 46.7 Å². The number of halogens is 1.